The van der Waals surface area contributed by atoms with Crippen LogP contribution >= 0.6 is 0 Å². The molecule has 0 radical (unpaired) electrons. The quantitative estimate of drug-likeness (QED) is 0.605. The highest BCUT2D eigenvalue weighted by molar-refractivity contribution is 8.03. The number of carbonyl (C=O) groups excluding carboxylic acids is 1. The number of amides is 1. The van der Waals surface area contributed by atoms with E-state index in [1.807, 2.05) is 42.7 Å². The van der Waals surface area contributed by atoms with Crippen molar-refractivity contribution in [3.8, 4) is 0 Å². The normalized spacial score (nSPS) is 18.4. The first-order chi connectivity index (χ1) is 12.8. The van der Waals surface area contributed by atoms with Gasteiger partial charge in [0.05, 0.1) is 17.9 Å². The first-order valence-corrected chi connectivity index (χ1v) is 10.2. The molecule has 0 spiro atoms. The topological polar surface area (TPSA) is 56.7 Å². The van der Waals surface area contributed by atoms with Crippen molar-refractivity contribution in [3.05, 3.63) is 71.9 Å². The van der Waals surface area contributed by atoms with E-state index in [-0.39, 0.29) is 0 Å². The largest absolute Gasteiger partial charge is 0.310 e. The highest BCUT2D eigenvalue weighted by Gasteiger charge is 2.21. The van der Waals surface area contributed by atoms with Crippen LogP contribution in [0, 0.1) is 0 Å². The Labute approximate surface area is 157 Å². The molecule has 8 heteroatoms. The summed E-state index contributed by atoms with van der Waals surface area (Å²) in [6.45, 7) is 3.77. The van der Waals surface area contributed by atoms with Gasteiger partial charge in [-0.3, -0.25) is 15.6 Å². The Balaban J connectivity index is 1.85. The molecule has 5 nitrogen and oxygen atoms in total. The predicted octanol–water partition coefficient (Wildman–Crippen LogP) is 3.67. The van der Waals surface area contributed by atoms with E-state index in [0.29, 0.717) is 17.8 Å². The number of hydrogen-bond acceptors (Lipinski definition) is 4. The number of fused-ring (bicyclic) bond motifs is 1. The first-order valence-electron chi connectivity index (χ1n) is 8.11. The van der Waals surface area contributed by atoms with Crippen LogP contribution in [0.5, 0.6) is 0 Å². The second kappa shape index (κ2) is 7.40. The highest BCUT2D eigenvalue weighted by Crippen LogP contribution is 2.33. The van der Waals surface area contributed by atoms with Gasteiger partial charge in [0.1, 0.15) is 0 Å². The molecule has 2 aromatic rings. The van der Waals surface area contributed by atoms with E-state index in [4.69, 9.17) is 4.36 Å². The lowest BCUT2D eigenvalue weighted by atomic mass is 10.1. The molecular formula is C19H20F2N4OS. The maximum atomic E-state index is 12.4. The number of hydrazine groups is 1. The van der Waals surface area contributed by atoms with E-state index in [9.17, 15) is 13.6 Å². The number of carbonyl (C=O) groups is 1. The van der Waals surface area contributed by atoms with Crippen molar-refractivity contribution in [1.29, 1.82) is 0 Å². The molecule has 27 heavy (non-hydrogen) atoms. The molecule has 0 aromatic heterocycles. The molecule has 0 bridgehead atoms. The number of benzene rings is 2. The Kier molecular flexibility index (Phi) is 5.18. The Hall–Kier alpha value is -2.87. The van der Waals surface area contributed by atoms with Crippen LogP contribution in [0.4, 0.5) is 20.2 Å². The second-order valence-corrected chi connectivity index (χ2v) is 8.82. The summed E-state index contributed by atoms with van der Waals surface area (Å²) in [5.74, 6) is 3.73. The summed E-state index contributed by atoms with van der Waals surface area (Å²) in [5.41, 5.74) is 6.77. The lowest BCUT2D eigenvalue weighted by molar-refractivity contribution is 0.0929. The van der Waals surface area contributed by atoms with Crippen molar-refractivity contribution < 1.29 is 13.6 Å². The van der Waals surface area contributed by atoms with Gasteiger partial charge in [-0.15, -0.1) is 0 Å². The second-order valence-electron chi connectivity index (χ2n) is 6.21. The molecular weight excluding hydrogens is 370 g/mol. The third-order valence-electron chi connectivity index (χ3n) is 4.08. The van der Waals surface area contributed by atoms with E-state index >= 15 is 0 Å². The van der Waals surface area contributed by atoms with Crippen molar-refractivity contribution in [1.82, 2.24) is 10.9 Å². The molecule has 1 aliphatic heterocycles. The summed E-state index contributed by atoms with van der Waals surface area (Å²) in [5, 5.41) is 0. The number of nitrogens with zero attached hydrogens (tertiary/aromatic N) is 2. The van der Waals surface area contributed by atoms with Crippen LogP contribution in [0.25, 0.3) is 0 Å². The van der Waals surface area contributed by atoms with E-state index in [0.717, 1.165) is 11.3 Å². The fourth-order valence-corrected chi connectivity index (χ4v) is 4.34. The number of anilines is 1. The fraction of sp³-hybridized carbons (Fsp3) is 0.158. The van der Waals surface area contributed by atoms with Gasteiger partial charge in [0, 0.05) is 17.5 Å². The maximum Gasteiger partial charge on any atom is 0.279 e. The Morgan fingerprint density at radius 1 is 1.22 bits per heavy atom. The number of allylic oxidation sites excluding steroid dienone is 1. The van der Waals surface area contributed by atoms with Gasteiger partial charge in [-0.25, -0.2) is 13.1 Å². The molecule has 0 saturated heterocycles. The van der Waals surface area contributed by atoms with Gasteiger partial charge in [-0.05, 0) is 35.7 Å². The van der Waals surface area contributed by atoms with Crippen LogP contribution in [0.3, 0.4) is 0 Å². The van der Waals surface area contributed by atoms with Gasteiger partial charge in [0.2, 0.25) is 0 Å². The van der Waals surface area contributed by atoms with Gasteiger partial charge >= 0.3 is 0 Å². The Morgan fingerprint density at radius 2 is 1.93 bits per heavy atom. The third kappa shape index (κ3) is 4.11. The Morgan fingerprint density at radius 3 is 2.59 bits per heavy atom. The molecule has 1 amide bonds. The predicted molar refractivity (Wildman–Crippen MR) is 107 cm³/mol. The molecule has 2 N–H and O–H groups in total. The van der Waals surface area contributed by atoms with Gasteiger partial charge in [-0.1, -0.05) is 40.4 Å². The molecule has 1 aliphatic rings. The molecule has 3 rings (SSSR count). The van der Waals surface area contributed by atoms with Crippen molar-refractivity contribution in [2.24, 2.45) is 4.36 Å². The van der Waals surface area contributed by atoms with Crippen LogP contribution in [0.15, 0.2) is 65.2 Å². The van der Waals surface area contributed by atoms with Crippen LogP contribution in [0.1, 0.15) is 15.9 Å². The number of nitrogens with one attached hydrogen (secondary N) is 2. The van der Waals surface area contributed by atoms with E-state index in [2.05, 4.69) is 27.6 Å². The van der Waals surface area contributed by atoms with Gasteiger partial charge in [0.25, 0.3) is 12.3 Å². The summed E-state index contributed by atoms with van der Waals surface area (Å²) < 4.78 is 31.8. The monoisotopic (exact) mass is 390 g/mol. The standard InChI is InChI=1S/C19H20F2N4OS/c1-13(18(20)21)22-23-19(26)14-9-10-15-12-25(16-7-5-4-6-8-16)27(2,3)24-17(15)11-14/h4-11,18,22H,1-2,12H2,3H3,(H,23,26). The lowest BCUT2D eigenvalue weighted by Gasteiger charge is -2.34. The number of alkyl halides is 2. The van der Waals surface area contributed by atoms with E-state index < -0.39 is 27.6 Å². The smallest absolute Gasteiger partial charge is 0.279 e. The summed E-state index contributed by atoms with van der Waals surface area (Å²) in [6, 6.07) is 15.0. The number of rotatable bonds is 5. The van der Waals surface area contributed by atoms with Crippen LogP contribution in [0.2, 0.25) is 0 Å². The average Bonchev–Trinajstić information content (AvgIpc) is 2.64. The molecule has 2 aromatic carbocycles. The van der Waals surface area contributed by atoms with Crippen molar-refractivity contribution in [2.45, 2.75) is 13.0 Å². The fourth-order valence-electron chi connectivity index (χ4n) is 2.66. The summed E-state index contributed by atoms with van der Waals surface area (Å²) >= 11 is 0. The zero-order valence-electron chi connectivity index (χ0n) is 14.8. The minimum Gasteiger partial charge on any atom is -0.310 e. The molecule has 1 heterocycles. The maximum absolute atomic E-state index is 12.4. The first kappa shape index (κ1) is 18.9. The van der Waals surface area contributed by atoms with Gasteiger partial charge in [0.15, 0.2) is 0 Å². The molecule has 0 fully saturated rings. The number of halogens is 2. The lowest BCUT2D eigenvalue weighted by Crippen LogP contribution is -2.38. The third-order valence-corrected chi connectivity index (χ3v) is 5.95. The molecule has 1 unspecified atom stereocenters. The van der Waals surface area contributed by atoms with Crippen LogP contribution in [-0.2, 0) is 16.1 Å². The zero-order chi connectivity index (χ0) is 19.6. The van der Waals surface area contributed by atoms with Crippen LogP contribution in [-0.4, -0.2) is 24.5 Å². The van der Waals surface area contributed by atoms with E-state index in [1.54, 1.807) is 12.1 Å². The van der Waals surface area contributed by atoms with Gasteiger partial charge < -0.3 is 4.31 Å². The zero-order valence-corrected chi connectivity index (χ0v) is 15.6. The van der Waals surface area contributed by atoms with Crippen molar-refractivity contribution in [3.63, 3.8) is 0 Å². The van der Waals surface area contributed by atoms with Crippen molar-refractivity contribution >= 4 is 32.8 Å². The number of hydrogen-bond donors (Lipinski definition) is 2. The highest BCUT2D eigenvalue weighted by atomic mass is 32.2. The summed E-state index contributed by atoms with van der Waals surface area (Å²) in [7, 11) is -1.72. The van der Waals surface area contributed by atoms with Crippen LogP contribution < -0.4 is 15.2 Å². The molecule has 0 saturated carbocycles. The summed E-state index contributed by atoms with van der Waals surface area (Å²) in [4.78, 5) is 12.2. The minimum atomic E-state index is -2.76. The Bertz CT molecular complexity index is 998. The summed E-state index contributed by atoms with van der Waals surface area (Å²) in [6.07, 6.45) is -0.785. The molecule has 142 valence electrons. The van der Waals surface area contributed by atoms with Gasteiger partial charge in [-0.2, -0.15) is 0 Å². The minimum absolute atomic E-state index is 0.315. The molecule has 1 atom stereocenters. The SMILES string of the molecule is C=C(NNC(=O)c1ccc2c(c1)N=S(=C)(C)N(c1ccccc1)C2)C(F)F. The van der Waals surface area contributed by atoms with E-state index in [1.165, 1.54) is 0 Å². The van der Waals surface area contributed by atoms with Crippen molar-refractivity contribution in [2.75, 3.05) is 10.6 Å². The average molecular weight is 390 g/mol. The number of para-hydroxylation sites is 1. The molecule has 0 aliphatic carbocycles.